The molecular weight excluding hydrogens is 288 g/mol. The monoisotopic (exact) mass is 310 g/mol. The minimum absolute atomic E-state index is 0.0831. The molecule has 1 aromatic heterocycles. The summed E-state index contributed by atoms with van der Waals surface area (Å²) < 4.78 is 5.00. The number of aliphatic hydroxyl groups is 1. The first-order valence-corrected chi connectivity index (χ1v) is 7.56. The van der Waals surface area contributed by atoms with Crippen molar-refractivity contribution in [2.75, 3.05) is 47.0 Å². The van der Waals surface area contributed by atoms with Crippen molar-refractivity contribution in [3.8, 4) is 11.8 Å². The van der Waals surface area contributed by atoms with Crippen molar-refractivity contribution in [2.45, 2.75) is 6.92 Å². The Morgan fingerprint density at radius 1 is 1.52 bits per heavy atom. The first-order valence-electron chi connectivity index (χ1n) is 6.74. The topological polar surface area (TPSA) is 61.8 Å². The second-order valence-electron chi connectivity index (χ2n) is 4.63. The van der Waals surface area contributed by atoms with Crippen molar-refractivity contribution in [1.82, 2.24) is 10.2 Å². The third-order valence-corrected chi connectivity index (χ3v) is 4.03. The van der Waals surface area contributed by atoms with Crippen LogP contribution in [-0.2, 0) is 4.74 Å². The zero-order valence-corrected chi connectivity index (χ0v) is 13.5. The summed E-state index contributed by atoms with van der Waals surface area (Å²) in [5.41, 5.74) is 0.961. The number of amides is 1. The number of nitrogens with one attached hydrogen (secondary N) is 1. The van der Waals surface area contributed by atoms with Gasteiger partial charge in [-0.3, -0.25) is 4.79 Å². The van der Waals surface area contributed by atoms with E-state index in [4.69, 9.17) is 9.84 Å². The summed E-state index contributed by atoms with van der Waals surface area (Å²) in [7, 11) is 3.66. The lowest BCUT2D eigenvalue weighted by molar-refractivity contribution is 0.0951. The molecule has 0 saturated carbocycles. The van der Waals surface area contributed by atoms with Crippen LogP contribution in [0.2, 0.25) is 0 Å². The zero-order chi connectivity index (χ0) is 15.7. The summed E-state index contributed by atoms with van der Waals surface area (Å²) in [6.45, 7) is 4.62. The average Bonchev–Trinajstić information content (AvgIpc) is 2.84. The fraction of sp³-hybridized carbons (Fsp3) is 0.533. The molecule has 0 aliphatic carbocycles. The standard InChI is InChI=1S/C15H22N2O3S/c1-12-11-14(21-13(12)5-4-9-18)15(19)16-6-7-17(2)8-10-20-3/h11,18H,6-10H2,1-3H3,(H,16,19). The Bertz CT molecular complexity index is 517. The molecule has 116 valence electrons. The van der Waals surface area contributed by atoms with Crippen LogP contribution < -0.4 is 5.32 Å². The Kier molecular flexibility index (Phi) is 8.01. The summed E-state index contributed by atoms with van der Waals surface area (Å²) in [6.07, 6.45) is 0. The number of ether oxygens (including phenoxy) is 1. The Labute approximate surface area is 129 Å². The molecule has 0 radical (unpaired) electrons. The Morgan fingerprint density at radius 3 is 2.95 bits per heavy atom. The lowest BCUT2D eigenvalue weighted by Crippen LogP contribution is -2.34. The maximum Gasteiger partial charge on any atom is 0.261 e. The van der Waals surface area contributed by atoms with Crippen molar-refractivity contribution in [1.29, 1.82) is 0 Å². The molecular formula is C15H22N2O3S. The van der Waals surface area contributed by atoms with Crippen LogP contribution in [-0.4, -0.2) is 62.9 Å². The van der Waals surface area contributed by atoms with Gasteiger partial charge in [0.1, 0.15) is 6.61 Å². The van der Waals surface area contributed by atoms with Crippen LogP contribution in [0.1, 0.15) is 20.1 Å². The first kappa shape index (κ1) is 17.7. The normalized spacial score (nSPS) is 10.3. The van der Waals surface area contributed by atoms with E-state index in [-0.39, 0.29) is 12.5 Å². The maximum atomic E-state index is 12.0. The first-order chi connectivity index (χ1) is 10.1. The van der Waals surface area contributed by atoms with E-state index in [1.54, 1.807) is 7.11 Å². The van der Waals surface area contributed by atoms with Crippen LogP contribution in [0.15, 0.2) is 6.07 Å². The number of likely N-dealkylation sites (N-methyl/N-ethyl adjacent to an activating group) is 1. The lowest BCUT2D eigenvalue weighted by atomic mass is 10.2. The van der Waals surface area contributed by atoms with Gasteiger partial charge < -0.3 is 20.1 Å². The highest BCUT2D eigenvalue weighted by molar-refractivity contribution is 7.14. The van der Waals surface area contributed by atoms with Crippen LogP contribution in [0.3, 0.4) is 0 Å². The number of carbonyl (C=O) groups is 1. The molecule has 0 aliphatic heterocycles. The molecule has 0 fully saturated rings. The van der Waals surface area contributed by atoms with Crippen molar-refractivity contribution in [3.63, 3.8) is 0 Å². The molecule has 1 rings (SSSR count). The van der Waals surface area contributed by atoms with Crippen LogP contribution in [0.25, 0.3) is 0 Å². The maximum absolute atomic E-state index is 12.0. The molecule has 1 aromatic rings. The molecule has 0 aliphatic rings. The fourth-order valence-electron chi connectivity index (χ4n) is 1.64. The van der Waals surface area contributed by atoms with Crippen molar-refractivity contribution in [2.24, 2.45) is 0 Å². The molecule has 0 aromatic carbocycles. The van der Waals surface area contributed by atoms with Crippen molar-refractivity contribution in [3.05, 3.63) is 21.4 Å². The Hall–Kier alpha value is -1.39. The van der Waals surface area contributed by atoms with E-state index in [0.717, 1.165) is 23.5 Å². The smallest absolute Gasteiger partial charge is 0.261 e. The van der Waals surface area contributed by atoms with Gasteiger partial charge in [0.05, 0.1) is 16.4 Å². The summed E-state index contributed by atoms with van der Waals surface area (Å²) in [4.78, 5) is 15.6. The van der Waals surface area contributed by atoms with Gasteiger partial charge >= 0.3 is 0 Å². The van der Waals surface area contributed by atoms with Crippen molar-refractivity contribution < 1.29 is 14.6 Å². The molecule has 2 N–H and O–H groups in total. The zero-order valence-electron chi connectivity index (χ0n) is 12.7. The SMILES string of the molecule is COCCN(C)CCNC(=O)c1cc(C)c(C#CCO)s1. The Balaban J connectivity index is 2.45. The number of thiophene rings is 1. The summed E-state index contributed by atoms with van der Waals surface area (Å²) in [5.74, 6) is 5.37. The number of hydrogen-bond donors (Lipinski definition) is 2. The molecule has 0 spiro atoms. The number of rotatable bonds is 7. The number of nitrogens with zero attached hydrogens (tertiary/aromatic N) is 1. The molecule has 0 unspecified atom stereocenters. The highest BCUT2D eigenvalue weighted by Crippen LogP contribution is 2.20. The average molecular weight is 310 g/mol. The van der Waals surface area contributed by atoms with E-state index in [9.17, 15) is 4.79 Å². The van der Waals surface area contributed by atoms with E-state index < -0.39 is 0 Å². The largest absolute Gasteiger partial charge is 0.384 e. The predicted octanol–water partition coefficient (Wildman–Crippen LogP) is 0.708. The van der Waals surface area contributed by atoms with Gasteiger partial charge in [-0.1, -0.05) is 11.8 Å². The number of methoxy groups -OCH3 is 1. The van der Waals surface area contributed by atoms with Gasteiger partial charge in [0.2, 0.25) is 0 Å². The molecule has 21 heavy (non-hydrogen) atoms. The van der Waals surface area contributed by atoms with Crippen LogP contribution in [0.5, 0.6) is 0 Å². The molecule has 5 nitrogen and oxygen atoms in total. The van der Waals surface area contributed by atoms with Crippen LogP contribution in [0.4, 0.5) is 0 Å². The molecule has 0 saturated heterocycles. The van der Waals surface area contributed by atoms with E-state index in [1.165, 1.54) is 11.3 Å². The second kappa shape index (κ2) is 9.53. The van der Waals surface area contributed by atoms with Gasteiger partial charge in [-0.2, -0.15) is 0 Å². The van der Waals surface area contributed by atoms with Gasteiger partial charge in [-0.15, -0.1) is 11.3 Å². The highest BCUT2D eigenvalue weighted by atomic mass is 32.1. The molecule has 6 heteroatoms. The predicted molar refractivity (Wildman–Crippen MR) is 84.7 cm³/mol. The minimum Gasteiger partial charge on any atom is -0.384 e. The third kappa shape index (κ3) is 6.27. The number of hydrogen-bond acceptors (Lipinski definition) is 5. The molecule has 0 bridgehead atoms. The van der Waals surface area contributed by atoms with Crippen LogP contribution >= 0.6 is 11.3 Å². The Morgan fingerprint density at radius 2 is 2.29 bits per heavy atom. The highest BCUT2D eigenvalue weighted by Gasteiger charge is 2.11. The van der Waals surface area contributed by atoms with E-state index in [1.807, 2.05) is 20.0 Å². The summed E-state index contributed by atoms with van der Waals surface area (Å²) in [6, 6.07) is 1.83. The van der Waals surface area contributed by atoms with Gasteiger partial charge in [-0.25, -0.2) is 0 Å². The van der Waals surface area contributed by atoms with E-state index in [2.05, 4.69) is 22.1 Å². The van der Waals surface area contributed by atoms with Gasteiger partial charge in [0, 0.05) is 26.7 Å². The number of aryl methyl sites for hydroxylation is 1. The van der Waals surface area contributed by atoms with E-state index in [0.29, 0.717) is 18.0 Å². The number of carbonyl (C=O) groups excluding carboxylic acids is 1. The molecule has 1 heterocycles. The van der Waals surface area contributed by atoms with Gasteiger partial charge in [0.15, 0.2) is 0 Å². The van der Waals surface area contributed by atoms with Crippen molar-refractivity contribution >= 4 is 17.2 Å². The molecule has 1 amide bonds. The molecule has 0 atom stereocenters. The fourth-order valence-corrected chi connectivity index (χ4v) is 2.61. The van der Waals surface area contributed by atoms with E-state index >= 15 is 0 Å². The third-order valence-electron chi connectivity index (χ3n) is 2.88. The van der Waals surface area contributed by atoms with Gasteiger partial charge in [-0.05, 0) is 25.6 Å². The summed E-state index contributed by atoms with van der Waals surface area (Å²) >= 11 is 1.35. The minimum atomic E-state index is -0.174. The number of aliphatic hydroxyl groups excluding tert-OH is 1. The van der Waals surface area contributed by atoms with Gasteiger partial charge in [0.25, 0.3) is 5.91 Å². The quantitative estimate of drug-likeness (QED) is 0.728. The lowest BCUT2D eigenvalue weighted by Gasteiger charge is -2.15. The second-order valence-corrected chi connectivity index (χ2v) is 5.69. The van der Waals surface area contributed by atoms with Crippen LogP contribution in [0, 0.1) is 18.8 Å². The summed E-state index contributed by atoms with van der Waals surface area (Å²) in [5, 5.41) is 11.6.